The Morgan fingerprint density at radius 1 is 1.23 bits per heavy atom. The van der Waals surface area contributed by atoms with E-state index in [1.165, 1.54) is 0 Å². The Labute approximate surface area is 150 Å². The molecule has 3 aromatic heterocycles. The van der Waals surface area contributed by atoms with E-state index in [9.17, 15) is 4.79 Å². The molecule has 0 aliphatic carbocycles. The summed E-state index contributed by atoms with van der Waals surface area (Å²) in [6, 6.07) is 1.93. The minimum Gasteiger partial charge on any atom is -0.367 e. The number of aryl methyl sites for hydroxylation is 1. The zero-order chi connectivity index (χ0) is 17.9. The zero-order valence-corrected chi connectivity index (χ0v) is 14.5. The highest BCUT2D eigenvalue weighted by molar-refractivity contribution is 6.04. The summed E-state index contributed by atoms with van der Waals surface area (Å²) in [6.07, 6.45) is 10.3. The van der Waals surface area contributed by atoms with Gasteiger partial charge in [-0.2, -0.15) is 5.10 Å². The third-order valence-electron chi connectivity index (χ3n) is 4.31. The lowest BCUT2D eigenvalue weighted by atomic mass is 10.2. The first-order valence-electron chi connectivity index (χ1n) is 8.45. The van der Waals surface area contributed by atoms with Crippen molar-refractivity contribution in [2.24, 2.45) is 7.05 Å². The number of piperazine rings is 1. The Balaban J connectivity index is 1.53. The van der Waals surface area contributed by atoms with Crippen molar-refractivity contribution >= 4 is 17.3 Å². The van der Waals surface area contributed by atoms with Crippen molar-refractivity contribution in [1.82, 2.24) is 29.6 Å². The van der Waals surface area contributed by atoms with Crippen LogP contribution in [0.25, 0.3) is 5.69 Å². The van der Waals surface area contributed by atoms with E-state index in [0.717, 1.165) is 37.6 Å². The molecule has 4 heterocycles. The number of hydrogen-bond acceptors (Lipinski definition) is 6. The summed E-state index contributed by atoms with van der Waals surface area (Å²) in [5.41, 5.74) is 2.85. The number of carbonyl (C=O) groups excluding carboxylic acids is 1. The minimum atomic E-state index is -0.267. The van der Waals surface area contributed by atoms with Crippen LogP contribution in [0.3, 0.4) is 0 Å². The summed E-state index contributed by atoms with van der Waals surface area (Å²) in [7, 11) is 1.84. The summed E-state index contributed by atoms with van der Waals surface area (Å²) >= 11 is 0. The Hall–Kier alpha value is -3.20. The fourth-order valence-electron chi connectivity index (χ4n) is 2.97. The number of amides is 1. The number of pyridine rings is 1. The van der Waals surface area contributed by atoms with Gasteiger partial charge in [0.1, 0.15) is 12.0 Å². The summed E-state index contributed by atoms with van der Waals surface area (Å²) in [6.45, 7) is 3.63. The molecule has 134 valence electrons. The summed E-state index contributed by atoms with van der Waals surface area (Å²) in [5, 5.41) is 10.4. The van der Waals surface area contributed by atoms with E-state index in [1.54, 1.807) is 40.4 Å². The second-order valence-electron chi connectivity index (χ2n) is 6.12. The van der Waals surface area contributed by atoms with E-state index in [1.807, 2.05) is 19.3 Å². The number of aromatic nitrogens is 5. The minimum absolute atomic E-state index is 0.267. The van der Waals surface area contributed by atoms with Crippen molar-refractivity contribution in [3.8, 4) is 5.69 Å². The summed E-state index contributed by atoms with van der Waals surface area (Å²) in [4.78, 5) is 23.2. The van der Waals surface area contributed by atoms with E-state index in [4.69, 9.17) is 0 Å². The van der Waals surface area contributed by atoms with Gasteiger partial charge in [-0.1, -0.05) is 0 Å². The molecular formula is C17H20N8O. The average Bonchev–Trinajstić information content (AvgIpc) is 3.32. The predicted molar refractivity (Wildman–Crippen MR) is 97.6 cm³/mol. The number of nitrogens with one attached hydrogen (secondary N) is 2. The first kappa shape index (κ1) is 16.3. The van der Waals surface area contributed by atoms with E-state index >= 15 is 0 Å². The molecule has 3 aromatic rings. The molecule has 0 radical (unpaired) electrons. The molecule has 1 saturated heterocycles. The molecule has 0 spiro atoms. The largest absolute Gasteiger partial charge is 0.367 e. The highest BCUT2D eigenvalue weighted by Crippen LogP contribution is 2.25. The van der Waals surface area contributed by atoms with Crippen molar-refractivity contribution < 1.29 is 4.79 Å². The summed E-state index contributed by atoms with van der Waals surface area (Å²) < 4.78 is 3.47. The number of rotatable bonds is 4. The predicted octanol–water partition coefficient (Wildman–Crippen LogP) is 0.663. The molecule has 0 aromatic carbocycles. The maximum absolute atomic E-state index is 12.6. The van der Waals surface area contributed by atoms with Gasteiger partial charge in [0.2, 0.25) is 0 Å². The van der Waals surface area contributed by atoms with Crippen LogP contribution >= 0.6 is 0 Å². The zero-order valence-electron chi connectivity index (χ0n) is 14.5. The number of hydrogen-bond donors (Lipinski definition) is 2. The molecule has 9 heteroatoms. The molecule has 0 bridgehead atoms. The molecule has 4 rings (SSSR count). The molecule has 1 aliphatic heterocycles. The Morgan fingerprint density at radius 3 is 2.85 bits per heavy atom. The Morgan fingerprint density at radius 2 is 2.08 bits per heavy atom. The van der Waals surface area contributed by atoms with Gasteiger partial charge >= 0.3 is 0 Å². The fourth-order valence-corrected chi connectivity index (χ4v) is 2.97. The van der Waals surface area contributed by atoms with Gasteiger partial charge in [0, 0.05) is 51.8 Å². The maximum Gasteiger partial charge on any atom is 0.275 e. The van der Waals surface area contributed by atoms with Gasteiger partial charge in [0.25, 0.3) is 5.91 Å². The van der Waals surface area contributed by atoms with Crippen molar-refractivity contribution in [1.29, 1.82) is 0 Å². The van der Waals surface area contributed by atoms with Gasteiger partial charge in [-0.25, -0.2) is 4.98 Å². The molecule has 0 atom stereocenters. The van der Waals surface area contributed by atoms with Crippen LogP contribution in [0.2, 0.25) is 0 Å². The number of nitrogens with zero attached hydrogens (tertiary/aromatic N) is 6. The second kappa shape index (κ2) is 6.96. The third-order valence-corrected chi connectivity index (χ3v) is 4.31. The normalized spacial score (nSPS) is 14.4. The molecule has 1 aliphatic rings. The van der Waals surface area contributed by atoms with E-state index in [-0.39, 0.29) is 5.91 Å². The summed E-state index contributed by atoms with van der Waals surface area (Å²) in [5.74, 6) is -0.267. The van der Waals surface area contributed by atoms with Crippen LogP contribution < -0.4 is 15.5 Å². The maximum atomic E-state index is 12.6. The van der Waals surface area contributed by atoms with Crippen molar-refractivity contribution in [2.75, 3.05) is 36.4 Å². The number of carbonyl (C=O) groups is 1. The van der Waals surface area contributed by atoms with Gasteiger partial charge < -0.3 is 20.1 Å². The fraction of sp³-hybridized carbons (Fsp3) is 0.294. The lowest BCUT2D eigenvalue weighted by molar-refractivity contribution is 0.102. The Bertz CT molecular complexity index is 909. The lowest BCUT2D eigenvalue weighted by Gasteiger charge is -2.30. The second-order valence-corrected chi connectivity index (χ2v) is 6.12. The molecule has 2 N–H and O–H groups in total. The third kappa shape index (κ3) is 3.29. The van der Waals surface area contributed by atoms with Crippen molar-refractivity contribution in [3.63, 3.8) is 0 Å². The molecule has 1 amide bonds. The van der Waals surface area contributed by atoms with Crippen LogP contribution in [-0.2, 0) is 7.05 Å². The Kier molecular flexibility index (Phi) is 4.36. The number of anilines is 2. The van der Waals surface area contributed by atoms with Gasteiger partial charge in [-0.15, -0.1) is 0 Å². The topological polar surface area (TPSA) is 92.9 Å². The van der Waals surface area contributed by atoms with Crippen LogP contribution in [0.15, 0.2) is 43.4 Å². The first-order valence-corrected chi connectivity index (χ1v) is 8.45. The standard InChI is InChI=1S/C17H20N8O/c1-23-10-13(8-21-23)25-11-15(20-12-25)17(26)22-14-9-19-3-2-16(14)24-6-4-18-5-7-24/h2-3,8-12,18H,4-7H2,1H3,(H,22,26). The molecule has 0 unspecified atom stereocenters. The van der Waals surface area contributed by atoms with Crippen molar-refractivity contribution in [2.45, 2.75) is 0 Å². The van der Waals surface area contributed by atoms with Gasteiger partial charge in [0.05, 0.1) is 29.5 Å². The van der Waals surface area contributed by atoms with E-state index < -0.39 is 0 Å². The monoisotopic (exact) mass is 352 g/mol. The lowest BCUT2D eigenvalue weighted by Crippen LogP contribution is -2.43. The van der Waals surface area contributed by atoms with Crippen LogP contribution in [0.1, 0.15) is 10.5 Å². The number of imidazole rings is 1. The molecule has 0 saturated carbocycles. The average molecular weight is 352 g/mol. The first-order chi connectivity index (χ1) is 12.7. The van der Waals surface area contributed by atoms with Gasteiger partial charge in [-0.05, 0) is 6.07 Å². The molecule has 26 heavy (non-hydrogen) atoms. The van der Waals surface area contributed by atoms with Crippen LogP contribution in [-0.4, -0.2) is 56.4 Å². The quantitative estimate of drug-likeness (QED) is 0.717. The molecular weight excluding hydrogens is 332 g/mol. The smallest absolute Gasteiger partial charge is 0.275 e. The molecule has 1 fully saturated rings. The van der Waals surface area contributed by atoms with Crippen LogP contribution in [0.5, 0.6) is 0 Å². The van der Waals surface area contributed by atoms with E-state index in [2.05, 4.69) is 30.6 Å². The van der Waals surface area contributed by atoms with Crippen LogP contribution in [0, 0.1) is 0 Å². The SMILES string of the molecule is Cn1cc(-n2cnc(C(=O)Nc3cnccc3N3CCNCC3)c2)cn1. The molecule has 9 nitrogen and oxygen atoms in total. The van der Waals surface area contributed by atoms with Crippen molar-refractivity contribution in [3.05, 3.63) is 49.1 Å². The van der Waals surface area contributed by atoms with Gasteiger partial charge in [0.15, 0.2) is 0 Å². The van der Waals surface area contributed by atoms with E-state index in [0.29, 0.717) is 11.4 Å². The van der Waals surface area contributed by atoms with Crippen LogP contribution in [0.4, 0.5) is 11.4 Å². The highest BCUT2D eigenvalue weighted by atomic mass is 16.1. The highest BCUT2D eigenvalue weighted by Gasteiger charge is 2.17. The van der Waals surface area contributed by atoms with Gasteiger partial charge in [-0.3, -0.25) is 14.5 Å².